The van der Waals surface area contributed by atoms with Crippen LogP contribution in [0.2, 0.25) is 0 Å². The molecule has 1 aliphatic heterocycles. The predicted molar refractivity (Wildman–Crippen MR) is 122 cm³/mol. The molecular weight excluding hydrogens is 436 g/mol. The van der Waals surface area contributed by atoms with Gasteiger partial charge in [-0.05, 0) is 31.2 Å². The van der Waals surface area contributed by atoms with Crippen LogP contribution in [0.4, 0.5) is 11.4 Å². The molecular formula is C22H20N2O7S. The Bertz CT molecular complexity index is 1140. The van der Waals surface area contributed by atoms with E-state index in [-0.39, 0.29) is 28.7 Å². The second-order valence-corrected chi connectivity index (χ2v) is 7.36. The van der Waals surface area contributed by atoms with Crippen molar-refractivity contribution in [2.45, 2.75) is 6.92 Å². The summed E-state index contributed by atoms with van der Waals surface area (Å²) in [6.45, 7) is 1.77. The fourth-order valence-corrected chi connectivity index (χ4v) is 3.95. The highest BCUT2D eigenvalue weighted by molar-refractivity contribution is 8.18. The van der Waals surface area contributed by atoms with Crippen LogP contribution in [0, 0.1) is 10.1 Å². The minimum Gasteiger partial charge on any atom is -0.506 e. The molecule has 3 rings (SSSR count). The van der Waals surface area contributed by atoms with Crippen molar-refractivity contribution in [2.75, 3.05) is 20.8 Å². The van der Waals surface area contributed by atoms with Crippen LogP contribution >= 0.6 is 11.8 Å². The lowest BCUT2D eigenvalue weighted by Gasteiger charge is -2.10. The van der Waals surface area contributed by atoms with Gasteiger partial charge in [0.05, 0.1) is 36.3 Å². The second-order valence-electron chi connectivity index (χ2n) is 6.33. The third-order valence-electron chi connectivity index (χ3n) is 4.38. The topological polar surface area (TPSA) is 120 Å². The van der Waals surface area contributed by atoms with Gasteiger partial charge >= 0.3 is 5.97 Å². The molecule has 10 heteroatoms. The Balaban J connectivity index is 2.07. The molecule has 0 amide bonds. The number of methoxy groups -OCH3 is 2. The van der Waals surface area contributed by atoms with Crippen LogP contribution in [-0.4, -0.2) is 41.9 Å². The lowest BCUT2D eigenvalue weighted by atomic mass is 10.1. The predicted octanol–water partition coefficient (Wildman–Crippen LogP) is 4.81. The van der Waals surface area contributed by atoms with E-state index in [0.717, 1.165) is 11.8 Å². The number of carbonyl (C=O) groups excluding carboxylic acids is 1. The maximum Gasteiger partial charge on any atom is 0.344 e. The van der Waals surface area contributed by atoms with Crippen molar-refractivity contribution in [1.29, 1.82) is 0 Å². The molecule has 0 unspecified atom stereocenters. The highest BCUT2D eigenvalue weighted by Gasteiger charge is 2.33. The molecule has 0 fully saturated rings. The van der Waals surface area contributed by atoms with Crippen LogP contribution < -0.4 is 9.47 Å². The van der Waals surface area contributed by atoms with Gasteiger partial charge < -0.3 is 19.3 Å². The standard InChI is InChI=1S/C22H20N2O7S/c1-4-31-22(26)18-19(25)17(12-13-6-5-7-16(29-2)20(13)30-3)32-21(18)23-14-8-10-15(11-9-14)24(27)28/h5-12,25H,4H2,1-3H3. The van der Waals surface area contributed by atoms with E-state index in [1.807, 2.05) is 0 Å². The number of thioether (sulfide) groups is 1. The monoisotopic (exact) mass is 456 g/mol. The Hall–Kier alpha value is -3.79. The summed E-state index contributed by atoms with van der Waals surface area (Å²) in [7, 11) is 3.02. The number of aliphatic hydroxyl groups is 1. The summed E-state index contributed by atoms with van der Waals surface area (Å²) in [6.07, 6.45) is 1.65. The number of hydrogen-bond acceptors (Lipinski definition) is 9. The number of nitro benzene ring substituents is 1. The average Bonchev–Trinajstić information content (AvgIpc) is 3.08. The number of nitrogens with zero attached hydrogens (tertiary/aromatic N) is 2. The van der Waals surface area contributed by atoms with E-state index < -0.39 is 10.9 Å². The number of esters is 1. The first-order valence-electron chi connectivity index (χ1n) is 9.44. The molecule has 0 atom stereocenters. The molecule has 0 radical (unpaired) electrons. The Labute approximate surface area is 188 Å². The molecule has 0 saturated heterocycles. The van der Waals surface area contributed by atoms with Crippen molar-refractivity contribution in [3.8, 4) is 11.5 Å². The summed E-state index contributed by atoms with van der Waals surface area (Å²) >= 11 is 1.07. The normalized spacial score (nSPS) is 15.8. The number of benzene rings is 2. The Kier molecular flexibility index (Phi) is 7.16. The van der Waals surface area contributed by atoms with Gasteiger partial charge in [0.1, 0.15) is 16.4 Å². The molecule has 0 aliphatic carbocycles. The van der Waals surface area contributed by atoms with Gasteiger partial charge in [-0.25, -0.2) is 9.79 Å². The van der Waals surface area contributed by atoms with Gasteiger partial charge in [-0.15, -0.1) is 0 Å². The van der Waals surface area contributed by atoms with E-state index >= 15 is 0 Å². The third kappa shape index (κ3) is 4.75. The Morgan fingerprint density at radius 2 is 1.91 bits per heavy atom. The lowest BCUT2D eigenvalue weighted by molar-refractivity contribution is -0.384. The van der Waals surface area contributed by atoms with E-state index in [4.69, 9.17) is 14.2 Å². The molecule has 0 saturated carbocycles. The molecule has 0 bridgehead atoms. The van der Waals surface area contributed by atoms with Crippen LogP contribution in [0.5, 0.6) is 11.5 Å². The first-order chi connectivity index (χ1) is 15.4. The molecule has 2 aromatic carbocycles. The Morgan fingerprint density at radius 3 is 2.50 bits per heavy atom. The summed E-state index contributed by atoms with van der Waals surface area (Å²) in [5.74, 6) is -0.0220. The van der Waals surface area contributed by atoms with Crippen molar-refractivity contribution >= 4 is 40.2 Å². The quantitative estimate of drug-likeness (QED) is 0.358. The smallest absolute Gasteiger partial charge is 0.344 e. The van der Waals surface area contributed by atoms with E-state index in [2.05, 4.69) is 4.99 Å². The van der Waals surface area contributed by atoms with Gasteiger partial charge in [-0.1, -0.05) is 23.9 Å². The van der Waals surface area contributed by atoms with Crippen LogP contribution in [0.1, 0.15) is 12.5 Å². The summed E-state index contributed by atoms with van der Waals surface area (Å²) in [5, 5.41) is 21.9. The molecule has 9 nitrogen and oxygen atoms in total. The fraction of sp³-hybridized carbons (Fsp3) is 0.182. The zero-order valence-electron chi connectivity index (χ0n) is 17.5. The molecule has 2 aromatic rings. The average molecular weight is 456 g/mol. The minimum absolute atomic E-state index is 0.0803. The fourth-order valence-electron chi connectivity index (χ4n) is 2.92. The number of rotatable bonds is 7. The first-order valence-corrected chi connectivity index (χ1v) is 10.3. The summed E-state index contributed by atoms with van der Waals surface area (Å²) in [5.41, 5.74) is 0.847. The van der Waals surface area contributed by atoms with Crippen LogP contribution in [-0.2, 0) is 9.53 Å². The molecule has 166 valence electrons. The van der Waals surface area contributed by atoms with Crippen molar-refractivity contribution in [2.24, 2.45) is 4.99 Å². The summed E-state index contributed by atoms with van der Waals surface area (Å²) < 4.78 is 15.8. The van der Waals surface area contributed by atoms with Gasteiger partial charge in [0.15, 0.2) is 11.5 Å². The molecule has 32 heavy (non-hydrogen) atoms. The minimum atomic E-state index is -0.723. The first kappa shape index (κ1) is 22.9. The van der Waals surface area contributed by atoms with Gasteiger partial charge in [-0.3, -0.25) is 10.1 Å². The number of aliphatic imine (C=N–C) groups is 1. The van der Waals surface area contributed by atoms with Gasteiger partial charge in [0.25, 0.3) is 5.69 Å². The third-order valence-corrected chi connectivity index (χ3v) is 5.40. The Morgan fingerprint density at radius 1 is 1.19 bits per heavy atom. The number of nitro groups is 1. The largest absolute Gasteiger partial charge is 0.506 e. The number of carbonyl (C=O) groups is 1. The van der Waals surface area contributed by atoms with E-state index in [9.17, 15) is 20.0 Å². The molecule has 1 N–H and O–H groups in total. The van der Waals surface area contributed by atoms with E-state index in [1.54, 1.807) is 31.2 Å². The maximum absolute atomic E-state index is 12.5. The summed E-state index contributed by atoms with van der Waals surface area (Å²) in [4.78, 5) is 27.6. The van der Waals surface area contributed by atoms with Crippen molar-refractivity contribution in [3.63, 3.8) is 0 Å². The molecule has 1 heterocycles. The van der Waals surface area contributed by atoms with Gasteiger partial charge in [0, 0.05) is 17.7 Å². The highest BCUT2D eigenvalue weighted by Crippen LogP contribution is 2.42. The number of para-hydroxylation sites is 1. The molecule has 0 aromatic heterocycles. The van der Waals surface area contributed by atoms with Crippen LogP contribution in [0.15, 0.2) is 63.7 Å². The SMILES string of the molecule is CCOC(=O)C1=C(O)C(=Cc2cccc(OC)c2OC)SC1=Nc1ccc([N+](=O)[O-])cc1. The van der Waals surface area contributed by atoms with Crippen LogP contribution in [0.25, 0.3) is 6.08 Å². The maximum atomic E-state index is 12.5. The van der Waals surface area contributed by atoms with E-state index in [0.29, 0.717) is 27.7 Å². The van der Waals surface area contributed by atoms with E-state index in [1.165, 1.54) is 38.5 Å². The molecule has 1 aliphatic rings. The van der Waals surface area contributed by atoms with Crippen molar-refractivity contribution in [3.05, 3.63) is 74.4 Å². The number of hydrogen-bond donors (Lipinski definition) is 1. The number of non-ortho nitro benzene ring substituents is 1. The zero-order valence-corrected chi connectivity index (χ0v) is 18.3. The summed E-state index contributed by atoms with van der Waals surface area (Å²) in [6, 6.07) is 10.8. The second kappa shape index (κ2) is 10.0. The van der Waals surface area contributed by atoms with Gasteiger partial charge in [0.2, 0.25) is 0 Å². The highest BCUT2D eigenvalue weighted by atomic mass is 32.2. The lowest BCUT2D eigenvalue weighted by Crippen LogP contribution is -2.12. The van der Waals surface area contributed by atoms with Crippen molar-refractivity contribution < 1.29 is 29.0 Å². The van der Waals surface area contributed by atoms with Crippen molar-refractivity contribution in [1.82, 2.24) is 0 Å². The molecule has 0 spiro atoms. The van der Waals surface area contributed by atoms with Crippen LogP contribution in [0.3, 0.4) is 0 Å². The zero-order chi connectivity index (χ0) is 23.3. The van der Waals surface area contributed by atoms with Gasteiger partial charge in [-0.2, -0.15) is 0 Å². The number of ether oxygens (including phenoxy) is 3. The number of aliphatic hydroxyl groups excluding tert-OH is 1.